The van der Waals surface area contributed by atoms with E-state index in [0.717, 1.165) is 4.31 Å². The van der Waals surface area contributed by atoms with E-state index >= 15 is 0 Å². The van der Waals surface area contributed by atoms with E-state index in [2.05, 4.69) is 5.32 Å². The molecule has 0 aliphatic rings. The fourth-order valence-electron chi connectivity index (χ4n) is 2.05. The molecule has 0 bridgehead atoms. The maximum atomic E-state index is 12.3. The quantitative estimate of drug-likeness (QED) is 0.739. The van der Waals surface area contributed by atoms with Gasteiger partial charge < -0.3 is 10.1 Å². The molecule has 1 atom stereocenters. The van der Waals surface area contributed by atoms with Crippen LogP contribution in [0.5, 0.6) is 0 Å². The normalized spacial score (nSPS) is 12.5. The topological polar surface area (TPSA) is 92.8 Å². The fourth-order valence-corrected chi connectivity index (χ4v) is 3.13. The average molecular weight is 411 g/mol. The zero-order valence-corrected chi connectivity index (χ0v) is 16.5. The van der Waals surface area contributed by atoms with Crippen LogP contribution in [0.4, 0.5) is 5.69 Å². The van der Waals surface area contributed by atoms with Crippen LogP contribution in [0.15, 0.2) is 53.4 Å². The molecule has 0 fully saturated rings. The Kier molecular flexibility index (Phi) is 6.59. The molecule has 0 saturated carbocycles. The zero-order valence-electron chi connectivity index (χ0n) is 15.0. The van der Waals surface area contributed by atoms with Gasteiger partial charge in [0, 0.05) is 24.8 Å². The van der Waals surface area contributed by atoms with Gasteiger partial charge >= 0.3 is 5.97 Å². The van der Waals surface area contributed by atoms with Crippen molar-refractivity contribution < 1.29 is 22.7 Å². The third-order valence-corrected chi connectivity index (χ3v) is 5.68. The van der Waals surface area contributed by atoms with Crippen LogP contribution in [0.3, 0.4) is 0 Å². The second-order valence-electron chi connectivity index (χ2n) is 5.86. The average Bonchev–Trinajstić information content (AvgIpc) is 2.63. The summed E-state index contributed by atoms with van der Waals surface area (Å²) in [6.07, 6.45) is -1.08. The molecular formula is C18H19ClN2O5S. The van der Waals surface area contributed by atoms with E-state index in [1.165, 1.54) is 45.3 Å². The highest BCUT2D eigenvalue weighted by Crippen LogP contribution is 2.17. The predicted octanol–water partition coefficient (Wildman–Crippen LogP) is 2.77. The second kappa shape index (κ2) is 8.51. The number of halogens is 1. The summed E-state index contributed by atoms with van der Waals surface area (Å²) in [6, 6.07) is 11.9. The number of carbonyl (C=O) groups is 2. The molecular weight excluding hydrogens is 392 g/mol. The molecule has 2 aromatic carbocycles. The van der Waals surface area contributed by atoms with Crippen molar-refractivity contribution >= 4 is 39.2 Å². The molecule has 27 heavy (non-hydrogen) atoms. The summed E-state index contributed by atoms with van der Waals surface area (Å²) >= 11 is 5.78. The van der Waals surface area contributed by atoms with Gasteiger partial charge in [0.2, 0.25) is 10.0 Å². The van der Waals surface area contributed by atoms with Crippen LogP contribution in [0.2, 0.25) is 5.02 Å². The smallest absolute Gasteiger partial charge is 0.338 e. The highest BCUT2D eigenvalue weighted by Gasteiger charge is 2.22. The summed E-state index contributed by atoms with van der Waals surface area (Å²) < 4.78 is 30.5. The van der Waals surface area contributed by atoms with Gasteiger partial charge in [0.05, 0.1) is 10.5 Å². The van der Waals surface area contributed by atoms with E-state index in [9.17, 15) is 18.0 Å². The molecule has 0 saturated heterocycles. The molecule has 0 radical (unpaired) electrons. The van der Waals surface area contributed by atoms with Crippen LogP contribution in [-0.2, 0) is 19.6 Å². The van der Waals surface area contributed by atoms with Crippen LogP contribution >= 0.6 is 11.6 Å². The molecule has 0 aliphatic heterocycles. The lowest BCUT2D eigenvalue weighted by Gasteiger charge is -2.15. The SMILES string of the molecule is CC(OC(=O)c1cccc(S(=O)(=O)N(C)C)c1)C(=O)Nc1ccc(Cl)cc1. The van der Waals surface area contributed by atoms with E-state index in [1.54, 1.807) is 24.3 Å². The van der Waals surface area contributed by atoms with Crippen molar-refractivity contribution in [3.05, 3.63) is 59.1 Å². The third-order valence-electron chi connectivity index (χ3n) is 3.61. The minimum Gasteiger partial charge on any atom is -0.449 e. The number of amides is 1. The Morgan fingerprint density at radius 1 is 1.11 bits per heavy atom. The van der Waals surface area contributed by atoms with Crippen molar-refractivity contribution in [1.29, 1.82) is 0 Å². The molecule has 1 unspecified atom stereocenters. The number of nitrogens with one attached hydrogen (secondary N) is 1. The van der Waals surface area contributed by atoms with E-state index < -0.39 is 28.0 Å². The molecule has 0 heterocycles. The van der Waals surface area contributed by atoms with Gasteiger partial charge in [-0.1, -0.05) is 17.7 Å². The molecule has 0 spiro atoms. The Balaban J connectivity index is 2.08. The number of benzene rings is 2. The van der Waals surface area contributed by atoms with Gasteiger partial charge in [-0.15, -0.1) is 0 Å². The number of nitrogens with zero attached hydrogens (tertiary/aromatic N) is 1. The number of hydrogen-bond acceptors (Lipinski definition) is 5. The second-order valence-corrected chi connectivity index (χ2v) is 8.45. The van der Waals surface area contributed by atoms with Gasteiger partial charge in [0.25, 0.3) is 5.91 Å². The number of hydrogen-bond donors (Lipinski definition) is 1. The Labute approximate surface area is 162 Å². The minimum absolute atomic E-state index is 0.0315. The van der Waals surface area contributed by atoms with Crippen molar-refractivity contribution in [3.8, 4) is 0 Å². The van der Waals surface area contributed by atoms with Gasteiger partial charge in [-0.3, -0.25) is 4.79 Å². The lowest BCUT2D eigenvalue weighted by molar-refractivity contribution is -0.123. The van der Waals surface area contributed by atoms with Crippen molar-refractivity contribution in [2.45, 2.75) is 17.9 Å². The fraction of sp³-hybridized carbons (Fsp3) is 0.222. The molecule has 1 N–H and O–H groups in total. The summed E-state index contributed by atoms with van der Waals surface area (Å²) in [5.74, 6) is -1.33. The van der Waals surface area contributed by atoms with Gasteiger partial charge in [-0.25, -0.2) is 17.5 Å². The summed E-state index contributed by atoms with van der Waals surface area (Å²) in [5, 5.41) is 3.13. The standard InChI is InChI=1S/C18H19ClN2O5S/c1-12(17(22)20-15-9-7-14(19)8-10-15)26-18(23)13-5-4-6-16(11-13)27(24,25)21(2)3/h4-12H,1-3H3,(H,20,22). The van der Waals surface area contributed by atoms with Crippen LogP contribution in [0, 0.1) is 0 Å². The van der Waals surface area contributed by atoms with E-state index in [-0.39, 0.29) is 10.5 Å². The molecule has 7 nitrogen and oxygen atoms in total. The molecule has 1 amide bonds. The molecule has 2 rings (SSSR count). The van der Waals surface area contributed by atoms with E-state index in [4.69, 9.17) is 16.3 Å². The molecule has 0 aromatic heterocycles. The number of ether oxygens (including phenoxy) is 1. The number of anilines is 1. The van der Waals surface area contributed by atoms with Crippen LogP contribution in [0.25, 0.3) is 0 Å². The molecule has 144 valence electrons. The predicted molar refractivity (Wildman–Crippen MR) is 102 cm³/mol. The number of carbonyl (C=O) groups excluding carboxylic acids is 2. The number of rotatable bonds is 6. The summed E-state index contributed by atoms with van der Waals surface area (Å²) in [4.78, 5) is 24.4. The molecule has 0 aliphatic carbocycles. The third kappa shape index (κ3) is 5.29. The highest BCUT2D eigenvalue weighted by molar-refractivity contribution is 7.89. The van der Waals surface area contributed by atoms with Crippen molar-refractivity contribution in [2.75, 3.05) is 19.4 Å². The largest absolute Gasteiger partial charge is 0.449 e. The maximum absolute atomic E-state index is 12.3. The first kappa shape index (κ1) is 20.9. The Morgan fingerprint density at radius 3 is 2.33 bits per heavy atom. The minimum atomic E-state index is -3.69. The van der Waals surface area contributed by atoms with Crippen molar-refractivity contribution in [2.24, 2.45) is 0 Å². The van der Waals surface area contributed by atoms with Crippen LogP contribution in [-0.4, -0.2) is 44.8 Å². The van der Waals surface area contributed by atoms with Gasteiger partial charge in [-0.2, -0.15) is 0 Å². The highest BCUT2D eigenvalue weighted by atomic mass is 35.5. The first-order valence-electron chi connectivity index (χ1n) is 7.91. The lowest BCUT2D eigenvalue weighted by atomic mass is 10.2. The van der Waals surface area contributed by atoms with Gasteiger partial charge in [0.1, 0.15) is 0 Å². The number of esters is 1. The molecule has 9 heteroatoms. The van der Waals surface area contributed by atoms with E-state index in [0.29, 0.717) is 10.7 Å². The Bertz CT molecular complexity index is 942. The summed E-state index contributed by atoms with van der Waals surface area (Å²) in [6.45, 7) is 1.42. The van der Waals surface area contributed by atoms with Crippen LogP contribution in [0.1, 0.15) is 17.3 Å². The lowest BCUT2D eigenvalue weighted by Crippen LogP contribution is -2.30. The summed E-state index contributed by atoms with van der Waals surface area (Å²) in [5.41, 5.74) is 0.537. The molecule has 2 aromatic rings. The van der Waals surface area contributed by atoms with Gasteiger partial charge in [-0.05, 0) is 49.4 Å². The van der Waals surface area contributed by atoms with E-state index in [1.807, 2.05) is 0 Å². The summed E-state index contributed by atoms with van der Waals surface area (Å²) in [7, 11) is -0.902. The first-order valence-corrected chi connectivity index (χ1v) is 9.73. The number of sulfonamides is 1. The van der Waals surface area contributed by atoms with Crippen molar-refractivity contribution in [3.63, 3.8) is 0 Å². The Morgan fingerprint density at radius 2 is 1.74 bits per heavy atom. The van der Waals surface area contributed by atoms with Crippen molar-refractivity contribution in [1.82, 2.24) is 4.31 Å². The monoisotopic (exact) mass is 410 g/mol. The van der Waals surface area contributed by atoms with Crippen LogP contribution < -0.4 is 5.32 Å². The van der Waals surface area contributed by atoms with Gasteiger partial charge in [0.15, 0.2) is 6.10 Å². The first-order chi connectivity index (χ1) is 12.6. The zero-order chi connectivity index (χ0) is 20.2. The maximum Gasteiger partial charge on any atom is 0.338 e. The Hall–Kier alpha value is -2.42.